The molecule has 0 unspecified atom stereocenters. The molecule has 1 rings (SSSR count). The lowest BCUT2D eigenvalue weighted by atomic mass is 10.1. The molecule has 0 aliphatic heterocycles. The zero-order chi connectivity index (χ0) is 8.97. The van der Waals surface area contributed by atoms with Gasteiger partial charge in [0.25, 0.3) is 0 Å². The molecule has 0 bridgehead atoms. The molecule has 1 aromatic heterocycles. The van der Waals surface area contributed by atoms with Crippen molar-refractivity contribution in [1.82, 2.24) is 4.98 Å². The van der Waals surface area contributed by atoms with Crippen molar-refractivity contribution >= 4 is 23.2 Å². The molecule has 2 nitrogen and oxygen atoms in total. The minimum absolute atomic E-state index is 0.0779. The molecule has 12 heavy (non-hydrogen) atoms. The lowest BCUT2D eigenvalue weighted by Crippen LogP contribution is -2.01. The highest BCUT2D eigenvalue weighted by atomic mass is 32.1. The van der Waals surface area contributed by atoms with Gasteiger partial charge in [0.15, 0.2) is 5.78 Å². The Labute approximate surface area is 76.0 Å². The third kappa shape index (κ3) is 2.58. The minimum Gasteiger partial charge on any atom is -0.295 e. The van der Waals surface area contributed by atoms with Crippen LogP contribution in [0.5, 0.6) is 0 Å². The second-order valence-electron chi connectivity index (χ2n) is 2.79. The normalized spacial score (nSPS) is 11.2. The fraction of sp³-hybridized carbons (Fsp3) is 0.333. The Bertz CT molecular complexity index is 275. The topological polar surface area (TPSA) is 30.0 Å². The Morgan fingerprint density at radius 1 is 1.67 bits per heavy atom. The maximum absolute atomic E-state index is 11.1. The molecule has 0 spiro atoms. The van der Waals surface area contributed by atoms with Gasteiger partial charge in [-0.3, -0.25) is 9.78 Å². The van der Waals surface area contributed by atoms with E-state index in [0.29, 0.717) is 0 Å². The van der Waals surface area contributed by atoms with E-state index in [1.807, 2.05) is 13.8 Å². The smallest absolute Gasteiger partial charge is 0.158 e. The van der Waals surface area contributed by atoms with E-state index in [1.54, 1.807) is 23.9 Å². The van der Waals surface area contributed by atoms with Gasteiger partial charge in [-0.25, -0.2) is 0 Å². The van der Waals surface area contributed by atoms with E-state index in [-0.39, 0.29) is 11.7 Å². The number of allylic oxidation sites excluding steroid dienone is 1. The third-order valence-corrected chi connectivity index (χ3v) is 2.17. The molecule has 0 saturated heterocycles. The Morgan fingerprint density at radius 2 is 2.42 bits per heavy atom. The molecular weight excluding hydrogens is 170 g/mol. The summed E-state index contributed by atoms with van der Waals surface area (Å²) in [5.41, 5.74) is 1.75. The Balaban J connectivity index is 2.57. The number of hydrogen-bond acceptors (Lipinski definition) is 3. The van der Waals surface area contributed by atoms with E-state index < -0.39 is 0 Å². The van der Waals surface area contributed by atoms with Gasteiger partial charge in [0, 0.05) is 17.0 Å². The number of nitrogens with zero attached hydrogens (tertiary/aromatic N) is 1. The quantitative estimate of drug-likeness (QED) is 0.670. The van der Waals surface area contributed by atoms with Gasteiger partial charge in [-0.1, -0.05) is 13.8 Å². The van der Waals surface area contributed by atoms with Crippen LogP contribution in [0.1, 0.15) is 18.7 Å². The third-order valence-electron chi connectivity index (χ3n) is 1.43. The molecule has 0 aliphatic carbocycles. The molecular formula is C9H11NOS. The highest BCUT2D eigenvalue weighted by Gasteiger charge is 2.01. The summed E-state index contributed by atoms with van der Waals surface area (Å²) in [5, 5.41) is 0. The molecule has 0 radical (unpaired) electrons. The molecule has 0 N–H and O–H groups in total. The second kappa shape index (κ2) is 4.16. The van der Waals surface area contributed by atoms with Gasteiger partial charge in [-0.05, 0) is 12.2 Å². The molecule has 0 amide bonds. The maximum atomic E-state index is 11.1. The predicted molar refractivity (Wildman–Crippen MR) is 51.0 cm³/mol. The van der Waals surface area contributed by atoms with Crippen LogP contribution in [0.3, 0.4) is 0 Å². The summed E-state index contributed by atoms with van der Waals surface area (Å²) in [6.07, 6.45) is 5.16. The number of ketones is 1. The number of rotatable bonds is 3. The van der Waals surface area contributed by atoms with Gasteiger partial charge in [-0.15, -0.1) is 11.3 Å². The summed E-state index contributed by atoms with van der Waals surface area (Å²) < 4.78 is 0. The molecule has 0 saturated carbocycles. The van der Waals surface area contributed by atoms with Crippen LogP contribution in [0.4, 0.5) is 0 Å². The number of carbonyl (C=O) groups is 1. The first-order valence-corrected chi connectivity index (χ1v) is 4.68. The van der Waals surface area contributed by atoms with Crippen LogP contribution >= 0.6 is 11.3 Å². The predicted octanol–water partition coefficient (Wildman–Crippen LogP) is 2.38. The minimum atomic E-state index is 0.0779. The zero-order valence-electron chi connectivity index (χ0n) is 7.15. The van der Waals surface area contributed by atoms with Crippen LogP contribution in [0.15, 0.2) is 17.8 Å². The van der Waals surface area contributed by atoms with E-state index in [9.17, 15) is 4.79 Å². The average Bonchev–Trinajstić information content (AvgIpc) is 2.51. The SMILES string of the molecule is CC(C)C(=O)/C=C/c1cncs1. The van der Waals surface area contributed by atoms with Crippen molar-refractivity contribution in [2.45, 2.75) is 13.8 Å². The van der Waals surface area contributed by atoms with Crippen LogP contribution in [-0.4, -0.2) is 10.8 Å². The van der Waals surface area contributed by atoms with Crippen molar-refractivity contribution in [3.8, 4) is 0 Å². The molecule has 3 heteroatoms. The van der Waals surface area contributed by atoms with E-state index >= 15 is 0 Å². The monoisotopic (exact) mass is 181 g/mol. The molecule has 1 heterocycles. The van der Waals surface area contributed by atoms with Crippen molar-refractivity contribution in [2.75, 3.05) is 0 Å². The molecule has 0 aromatic carbocycles. The van der Waals surface area contributed by atoms with Crippen molar-refractivity contribution < 1.29 is 4.79 Å². The Hall–Kier alpha value is -0.960. The lowest BCUT2D eigenvalue weighted by molar-refractivity contribution is -0.117. The second-order valence-corrected chi connectivity index (χ2v) is 3.71. The standard InChI is InChI=1S/C9H11NOS/c1-7(2)9(11)4-3-8-5-10-6-12-8/h3-7H,1-2H3/b4-3+. The molecule has 64 valence electrons. The van der Waals surface area contributed by atoms with Gasteiger partial charge in [0.1, 0.15) is 0 Å². The number of aromatic nitrogens is 1. The number of thiazole rings is 1. The molecule has 0 fully saturated rings. The van der Waals surface area contributed by atoms with Gasteiger partial charge in [0.2, 0.25) is 0 Å². The largest absolute Gasteiger partial charge is 0.295 e. The highest BCUT2D eigenvalue weighted by Crippen LogP contribution is 2.08. The fourth-order valence-corrected chi connectivity index (χ4v) is 1.18. The van der Waals surface area contributed by atoms with Crippen molar-refractivity contribution in [3.63, 3.8) is 0 Å². The number of hydrogen-bond donors (Lipinski definition) is 0. The zero-order valence-corrected chi connectivity index (χ0v) is 7.97. The number of carbonyl (C=O) groups excluding carboxylic acids is 1. The Morgan fingerprint density at radius 3 is 2.92 bits per heavy atom. The molecule has 1 aromatic rings. The van der Waals surface area contributed by atoms with E-state index in [4.69, 9.17) is 0 Å². The summed E-state index contributed by atoms with van der Waals surface area (Å²) in [6, 6.07) is 0. The first-order valence-electron chi connectivity index (χ1n) is 3.80. The van der Waals surface area contributed by atoms with Crippen molar-refractivity contribution in [3.05, 3.63) is 22.7 Å². The van der Waals surface area contributed by atoms with Crippen LogP contribution in [-0.2, 0) is 4.79 Å². The first kappa shape index (κ1) is 9.13. The van der Waals surface area contributed by atoms with Gasteiger partial charge >= 0.3 is 0 Å². The first-order chi connectivity index (χ1) is 5.70. The van der Waals surface area contributed by atoms with Crippen LogP contribution < -0.4 is 0 Å². The maximum Gasteiger partial charge on any atom is 0.158 e. The Kier molecular flexibility index (Phi) is 3.17. The van der Waals surface area contributed by atoms with Crippen molar-refractivity contribution in [1.29, 1.82) is 0 Å². The fourth-order valence-electron chi connectivity index (χ4n) is 0.665. The van der Waals surface area contributed by atoms with E-state index in [1.165, 1.54) is 11.3 Å². The highest BCUT2D eigenvalue weighted by molar-refractivity contribution is 7.10. The van der Waals surface area contributed by atoms with Crippen LogP contribution in [0.25, 0.3) is 6.08 Å². The van der Waals surface area contributed by atoms with E-state index in [0.717, 1.165) is 4.88 Å². The molecule has 0 aliphatic rings. The summed E-state index contributed by atoms with van der Waals surface area (Å²) in [7, 11) is 0. The van der Waals surface area contributed by atoms with Gasteiger partial charge < -0.3 is 0 Å². The van der Waals surface area contributed by atoms with E-state index in [2.05, 4.69) is 4.98 Å². The van der Waals surface area contributed by atoms with Gasteiger partial charge in [0.05, 0.1) is 5.51 Å². The summed E-state index contributed by atoms with van der Waals surface area (Å²) in [5.74, 6) is 0.234. The summed E-state index contributed by atoms with van der Waals surface area (Å²) >= 11 is 1.53. The summed E-state index contributed by atoms with van der Waals surface area (Å²) in [4.78, 5) is 16.1. The average molecular weight is 181 g/mol. The summed E-state index contributed by atoms with van der Waals surface area (Å²) in [6.45, 7) is 3.78. The van der Waals surface area contributed by atoms with Crippen LogP contribution in [0, 0.1) is 5.92 Å². The van der Waals surface area contributed by atoms with Gasteiger partial charge in [-0.2, -0.15) is 0 Å². The van der Waals surface area contributed by atoms with Crippen LogP contribution in [0.2, 0.25) is 0 Å². The van der Waals surface area contributed by atoms with Crippen molar-refractivity contribution in [2.24, 2.45) is 5.92 Å². The molecule has 0 atom stereocenters. The lowest BCUT2D eigenvalue weighted by Gasteiger charge is -1.94.